The summed E-state index contributed by atoms with van der Waals surface area (Å²) in [5.41, 5.74) is 6.66. The molecule has 0 fully saturated rings. The molecule has 0 radical (unpaired) electrons. The Labute approximate surface area is 124 Å². The van der Waals surface area contributed by atoms with Crippen LogP contribution in [0.2, 0.25) is 0 Å². The van der Waals surface area contributed by atoms with E-state index in [0.717, 1.165) is 16.3 Å². The fourth-order valence-electron chi connectivity index (χ4n) is 1.88. The summed E-state index contributed by atoms with van der Waals surface area (Å²) in [6.07, 6.45) is 0.954. The zero-order valence-corrected chi connectivity index (χ0v) is 12.5. The normalized spacial score (nSPS) is 12.0. The molecular formula is C12H11FN6O2S. The highest BCUT2D eigenvalue weighted by molar-refractivity contribution is 7.90. The maximum atomic E-state index is 13.9. The van der Waals surface area contributed by atoms with Gasteiger partial charge in [-0.05, 0) is 19.1 Å². The lowest BCUT2D eigenvalue weighted by Gasteiger charge is -1.99. The van der Waals surface area contributed by atoms with E-state index in [0.29, 0.717) is 0 Å². The zero-order chi connectivity index (χ0) is 16.1. The SMILES string of the molecule is Cc1ccc(F)c(-c2nc3nc(S(C)(=O)=O)nc(N)n3n2)c1. The molecule has 0 atom stereocenters. The third kappa shape index (κ3) is 2.37. The average molecular weight is 322 g/mol. The van der Waals surface area contributed by atoms with E-state index in [1.807, 2.05) is 0 Å². The summed E-state index contributed by atoms with van der Waals surface area (Å²) in [6, 6.07) is 4.49. The fraction of sp³-hybridized carbons (Fsp3) is 0.167. The number of nitrogens with two attached hydrogens (primary N) is 1. The van der Waals surface area contributed by atoms with Gasteiger partial charge in [0.2, 0.25) is 15.8 Å². The Morgan fingerprint density at radius 3 is 2.64 bits per heavy atom. The second-order valence-corrected chi connectivity index (χ2v) is 6.68. The molecule has 2 N–H and O–H groups in total. The highest BCUT2D eigenvalue weighted by atomic mass is 32.2. The minimum Gasteiger partial charge on any atom is -0.368 e. The Morgan fingerprint density at radius 1 is 1.23 bits per heavy atom. The number of benzene rings is 1. The number of hydrogen-bond donors (Lipinski definition) is 1. The van der Waals surface area contributed by atoms with Crippen LogP contribution in [-0.2, 0) is 9.84 Å². The van der Waals surface area contributed by atoms with Crippen molar-refractivity contribution in [1.29, 1.82) is 0 Å². The van der Waals surface area contributed by atoms with Gasteiger partial charge in [0.1, 0.15) is 5.82 Å². The zero-order valence-electron chi connectivity index (χ0n) is 11.6. The number of hydrogen-bond acceptors (Lipinski definition) is 7. The summed E-state index contributed by atoms with van der Waals surface area (Å²) in [4.78, 5) is 11.5. The Kier molecular flexibility index (Phi) is 3.06. The molecule has 2 aromatic heterocycles. The molecule has 0 aliphatic carbocycles. The number of rotatable bonds is 2. The largest absolute Gasteiger partial charge is 0.368 e. The minimum atomic E-state index is -3.64. The van der Waals surface area contributed by atoms with Gasteiger partial charge in [-0.25, -0.2) is 12.8 Å². The molecule has 3 aromatic rings. The molecule has 2 heterocycles. The van der Waals surface area contributed by atoms with Crippen molar-refractivity contribution < 1.29 is 12.8 Å². The van der Waals surface area contributed by atoms with Crippen LogP contribution in [0.4, 0.5) is 10.3 Å². The number of aryl methyl sites for hydroxylation is 1. The molecule has 0 unspecified atom stereocenters. The highest BCUT2D eigenvalue weighted by Gasteiger charge is 2.18. The van der Waals surface area contributed by atoms with Gasteiger partial charge in [-0.15, -0.1) is 5.10 Å². The minimum absolute atomic E-state index is 0.0489. The number of sulfone groups is 1. The van der Waals surface area contributed by atoms with Gasteiger partial charge in [-0.2, -0.15) is 19.5 Å². The molecule has 22 heavy (non-hydrogen) atoms. The van der Waals surface area contributed by atoms with Gasteiger partial charge in [0.25, 0.3) is 10.9 Å². The summed E-state index contributed by atoms with van der Waals surface area (Å²) in [5, 5.41) is 3.57. The van der Waals surface area contributed by atoms with Crippen LogP contribution in [0.15, 0.2) is 23.4 Å². The van der Waals surface area contributed by atoms with E-state index in [4.69, 9.17) is 5.73 Å². The van der Waals surface area contributed by atoms with Gasteiger partial charge in [-0.3, -0.25) is 0 Å². The summed E-state index contributed by atoms with van der Waals surface area (Å²) in [7, 11) is -3.64. The molecular weight excluding hydrogens is 311 g/mol. The van der Waals surface area contributed by atoms with Gasteiger partial charge in [0.15, 0.2) is 5.82 Å². The summed E-state index contributed by atoms with van der Waals surface area (Å²) in [5.74, 6) is -0.717. The lowest BCUT2D eigenvalue weighted by Crippen LogP contribution is -2.11. The van der Waals surface area contributed by atoms with Crippen LogP contribution in [0.25, 0.3) is 17.2 Å². The molecule has 3 rings (SSSR count). The van der Waals surface area contributed by atoms with Crippen LogP contribution in [0.1, 0.15) is 5.56 Å². The topological polar surface area (TPSA) is 116 Å². The van der Waals surface area contributed by atoms with Crippen LogP contribution in [0.3, 0.4) is 0 Å². The Balaban J connectivity index is 2.26. The van der Waals surface area contributed by atoms with E-state index in [9.17, 15) is 12.8 Å². The lowest BCUT2D eigenvalue weighted by molar-refractivity contribution is 0.592. The van der Waals surface area contributed by atoms with Crippen molar-refractivity contribution in [2.45, 2.75) is 12.1 Å². The van der Waals surface area contributed by atoms with Crippen molar-refractivity contribution in [2.24, 2.45) is 0 Å². The van der Waals surface area contributed by atoms with Gasteiger partial charge in [0, 0.05) is 6.26 Å². The van der Waals surface area contributed by atoms with E-state index < -0.39 is 20.8 Å². The van der Waals surface area contributed by atoms with E-state index in [1.165, 1.54) is 6.07 Å². The molecule has 10 heteroatoms. The standard InChI is InChI=1S/C12H11FN6O2S/c1-6-3-4-8(13)7(5-6)9-15-11-17-12(22(2,20)21)16-10(14)19(11)18-9/h3-5H,1-2H3,(H2,14,15,16,17,18). The lowest BCUT2D eigenvalue weighted by atomic mass is 10.1. The maximum Gasteiger partial charge on any atom is 0.258 e. The first kappa shape index (κ1) is 14.3. The Bertz CT molecular complexity index is 998. The molecule has 114 valence electrons. The number of nitrogens with zero attached hydrogens (tertiary/aromatic N) is 5. The summed E-state index contributed by atoms with van der Waals surface area (Å²) in [6.45, 7) is 1.80. The van der Waals surface area contributed by atoms with E-state index >= 15 is 0 Å². The smallest absolute Gasteiger partial charge is 0.258 e. The third-order valence-corrected chi connectivity index (χ3v) is 3.75. The molecule has 0 spiro atoms. The molecule has 0 aliphatic heterocycles. The number of fused-ring (bicyclic) bond motifs is 1. The summed E-state index contributed by atoms with van der Waals surface area (Å²) >= 11 is 0. The molecule has 8 nitrogen and oxygen atoms in total. The average Bonchev–Trinajstić information content (AvgIpc) is 2.85. The number of nitrogen functional groups attached to an aromatic ring is 1. The van der Waals surface area contributed by atoms with Crippen LogP contribution in [0.5, 0.6) is 0 Å². The van der Waals surface area contributed by atoms with E-state index in [2.05, 4.69) is 20.1 Å². The van der Waals surface area contributed by atoms with Gasteiger partial charge < -0.3 is 5.73 Å². The van der Waals surface area contributed by atoms with Gasteiger partial charge >= 0.3 is 0 Å². The van der Waals surface area contributed by atoms with Crippen LogP contribution in [-0.4, -0.2) is 39.2 Å². The predicted octanol–water partition coefficient (Wildman–Crippen LogP) is 0.620. The molecule has 0 amide bonds. The van der Waals surface area contributed by atoms with Crippen LogP contribution < -0.4 is 5.73 Å². The Morgan fingerprint density at radius 2 is 1.95 bits per heavy atom. The first-order chi connectivity index (χ1) is 10.3. The highest BCUT2D eigenvalue weighted by Crippen LogP contribution is 2.22. The van der Waals surface area contributed by atoms with Crippen molar-refractivity contribution in [2.75, 3.05) is 12.0 Å². The first-order valence-corrected chi connectivity index (χ1v) is 8.02. The summed E-state index contributed by atoms with van der Waals surface area (Å²) < 4.78 is 38.0. The fourth-order valence-corrected chi connectivity index (χ4v) is 2.38. The molecule has 0 aliphatic rings. The maximum absolute atomic E-state index is 13.9. The van der Waals surface area contributed by atoms with Gasteiger partial charge in [-0.1, -0.05) is 11.6 Å². The third-order valence-electron chi connectivity index (χ3n) is 2.91. The predicted molar refractivity (Wildman–Crippen MR) is 76.2 cm³/mol. The van der Waals surface area contributed by atoms with Crippen molar-refractivity contribution >= 4 is 21.6 Å². The van der Waals surface area contributed by atoms with Crippen molar-refractivity contribution in [3.8, 4) is 11.4 Å². The number of aromatic nitrogens is 5. The second-order valence-electron chi connectivity index (χ2n) is 4.77. The van der Waals surface area contributed by atoms with Crippen LogP contribution >= 0.6 is 0 Å². The molecule has 0 bridgehead atoms. The number of anilines is 1. The van der Waals surface area contributed by atoms with Crippen molar-refractivity contribution in [3.05, 3.63) is 29.6 Å². The van der Waals surface area contributed by atoms with Crippen molar-refractivity contribution in [3.63, 3.8) is 0 Å². The quantitative estimate of drug-likeness (QED) is 0.735. The van der Waals surface area contributed by atoms with Gasteiger partial charge in [0.05, 0.1) is 5.56 Å². The van der Waals surface area contributed by atoms with E-state index in [-0.39, 0.29) is 23.1 Å². The Hall–Kier alpha value is -2.62. The number of halogens is 1. The monoisotopic (exact) mass is 322 g/mol. The molecule has 1 aromatic carbocycles. The van der Waals surface area contributed by atoms with Crippen molar-refractivity contribution in [1.82, 2.24) is 24.6 Å². The second kappa shape index (κ2) is 4.70. The van der Waals surface area contributed by atoms with E-state index in [1.54, 1.807) is 19.1 Å². The van der Waals surface area contributed by atoms with Crippen LogP contribution in [0, 0.1) is 12.7 Å². The molecule has 0 saturated carbocycles. The first-order valence-electron chi connectivity index (χ1n) is 6.12. The molecule has 0 saturated heterocycles.